The third-order valence-electron chi connectivity index (χ3n) is 3.14. The Kier molecular flexibility index (Phi) is 2.94. The summed E-state index contributed by atoms with van der Waals surface area (Å²) in [5.41, 5.74) is 3.05. The SMILES string of the molecule is CCn1nnc2cc(C(=O)Nc3[nH]ncc3C)ccc21. The number of aromatic amines is 1. The highest BCUT2D eigenvalue weighted by atomic mass is 16.1. The maximum Gasteiger partial charge on any atom is 0.256 e. The van der Waals surface area contributed by atoms with Gasteiger partial charge in [0, 0.05) is 17.7 Å². The zero-order valence-corrected chi connectivity index (χ0v) is 11.2. The van der Waals surface area contributed by atoms with Crippen molar-refractivity contribution in [2.24, 2.45) is 0 Å². The molecule has 20 heavy (non-hydrogen) atoms. The lowest BCUT2D eigenvalue weighted by Gasteiger charge is -2.04. The number of hydrogen-bond acceptors (Lipinski definition) is 4. The average molecular weight is 270 g/mol. The van der Waals surface area contributed by atoms with Crippen LogP contribution in [-0.4, -0.2) is 31.1 Å². The Morgan fingerprint density at radius 2 is 2.30 bits per heavy atom. The van der Waals surface area contributed by atoms with Gasteiger partial charge in [0.05, 0.1) is 11.7 Å². The molecule has 7 nitrogen and oxygen atoms in total. The van der Waals surface area contributed by atoms with Gasteiger partial charge in [0.1, 0.15) is 11.3 Å². The number of carbonyl (C=O) groups excluding carboxylic acids is 1. The molecule has 1 aromatic carbocycles. The molecule has 1 amide bonds. The molecule has 0 bridgehead atoms. The molecule has 0 aliphatic rings. The first-order chi connectivity index (χ1) is 9.69. The van der Waals surface area contributed by atoms with Crippen molar-refractivity contribution in [3.63, 3.8) is 0 Å². The van der Waals surface area contributed by atoms with Gasteiger partial charge in [0.2, 0.25) is 0 Å². The van der Waals surface area contributed by atoms with Gasteiger partial charge in [-0.05, 0) is 32.0 Å². The lowest BCUT2D eigenvalue weighted by Crippen LogP contribution is -2.12. The third kappa shape index (κ3) is 2.03. The number of benzene rings is 1. The van der Waals surface area contributed by atoms with Crippen LogP contribution in [0.5, 0.6) is 0 Å². The maximum atomic E-state index is 12.2. The molecule has 0 unspecified atom stereocenters. The molecule has 2 N–H and O–H groups in total. The van der Waals surface area contributed by atoms with Crippen molar-refractivity contribution in [1.29, 1.82) is 0 Å². The minimum atomic E-state index is -0.203. The fraction of sp³-hybridized carbons (Fsp3) is 0.231. The van der Waals surface area contributed by atoms with Crippen molar-refractivity contribution >= 4 is 22.8 Å². The van der Waals surface area contributed by atoms with Gasteiger partial charge in [0.25, 0.3) is 5.91 Å². The lowest BCUT2D eigenvalue weighted by atomic mass is 10.2. The van der Waals surface area contributed by atoms with Gasteiger partial charge in [0.15, 0.2) is 0 Å². The van der Waals surface area contributed by atoms with Crippen molar-refractivity contribution in [1.82, 2.24) is 25.2 Å². The summed E-state index contributed by atoms with van der Waals surface area (Å²) in [5, 5.41) is 17.5. The minimum Gasteiger partial charge on any atom is -0.307 e. The molecule has 0 saturated heterocycles. The Bertz CT molecular complexity index is 772. The van der Waals surface area contributed by atoms with Crippen LogP contribution in [0.4, 0.5) is 5.82 Å². The molecule has 3 rings (SSSR count). The number of amides is 1. The normalized spacial score (nSPS) is 10.9. The highest BCUT2D eigenvalue weighted by Gasteiger charge is 2.11. The van der Waals surface area contributed by atoms with E-state index < -0.39 is 0 Å². The number of nitrogens with one attached hydrogen (secondary N) is 2. The molecular formula is C13H14N6O. The highest BCUT2D eigenvalue weighted by molar-refractivity contribution is 6.05. The monoisotopic (exact) mass is 270 g/mol. The Morgan fingerprint density at radius 3 is 3.00 bits per heavy atom. The van der Waals surface area contributed by atoms with Gasteiger partial charge >= 0.3 is 0 Å². The molecule has 0 atom stereocenters. The number of H-pyrrole nitrogens is 1. The van der Waals surface area contributed by atoms with E-state index in [4.69, 9.17) is 0 Å². The summed E-state index contributed by atoms with van der Waals surface area (Å²) >= 11 is 0. The largest absolute Gasteiger partial charge is 0.307 e. The van der Waals surface area contributed by atoms with Gasteiger partial charge in [-0.1, -0.05) is 5.21 Å². The van der Waals surface area contributed by atoms with Crippen LogP contribution in [0.15, 0.2) is 24.4 Å². The van der Waals surface area contributed by atoms with E-state index in [0.717, 1.165) is 17.6 Å². The molecule has 2 aromatic heterocycles. The lowest BCUT2D eigenvalue weighted by molar-refractivity contribution is 0.102. The molecule has 3 aromatic rings. The molecule has 0 spiro atoms. The third-order valence-corrected chi connectivity index (χ3v) is 3.14. The Hall–Kier alpha value is -2.70. The predicted octanol–water partition coefficient (Wildman–Crippen LogP) is 1.74. The second-order valence-corrected chi connectivity index (χ2v) is 4.49. The van der Waals surface area contributed by atoms with Gasteiger partial charge in [-0.15, -0.1) is 5.10 Å². The summed E-state index contributed by atoms with van der Waals surface area (Å²) < 4.78 is 1.79. The average Bonchev–Trinajstić information content (AvgIpc) is 3.04. The first-order valence-corrected chi connectivity index (χ1v) is 6.33. The summed E-state index contributed by atoms with van der Waals surface area (Å²) in [6.07, 6.45) is 1.66. The number of fused-ring (bicyclic) bond motifs is 1. The molecular weight excluding hydrogens is 256 g/mol. The van der Waals surface area contributed by atoms with Crippen molar-refractivity contribution in [2.75, 3.05) is 5.32 Å². The number of rotatable bonds is 3. The Balaban J connectivity index is 1.90. The number of aromatic nitrogens is 5. The fourth-order valence-corrected chi connectivity index (χ4v) is 2.01. The number of hydrogen-bond donors (Lipinski definition) is 2. The summed E-state index contributed by atoms with van der Waals surface area (Å²) in [5.74, 6) is 0.401. The van der Waals surface area contributed by atoms with Crippen LogP contribution >= 0.6 is 0 Å². The van der Waals surface area contributed by atoms with E-state index in [0.29, 0.717) is 16.9 Å². The number of nitrogens with zero attached hydrogens (tertiary/aromatic N) is 4. The summed E-state index contributed by atoms with van der Waals surface area (Å²) in [6.45, 7) is 4.61. The van der Waals surface area contributed by atoms with Gasteiger partial charge in [-0.3, -0.25) is 9.89 Å². The second kappa shape index (κ2) is 4.76. The second-order valence-electron chi connectivity index (χ2n) is 4.49. The van der Waals surface area contributed by atoms with Crippen molar-refractivity contribution in [2.45, 2.75) is 20.4 Å². The first-order valence-electron chi connectivity index (χ1n) is 6.33. The molecule has 0 aliphatic carbocycles. The van der Waals surface area contributed by atoms with E-state index in [1.54, 1.807) is 23.0 Å². The molecule has 0 fully saturated rings. The smallest absolute Gasteiger partial charge is 0.256 e. The standard InChI is InChI=1S/C13H14N6O/c1-3-19-11-5-4-9(6-10(11)16-18-19)13(20)15-12-8(2)7-14-17-12/h4-7H,3H2,1-2H3,(H2,14,15,17,20). The number of aryl methyl sites for hydroxylation is 2. The van der Waals surface area contributed by atoms with Gasteiger partial charge in [-0.25, -0.2) is 4.68 Å². The highest BCUT2D eigenvalue weighted by Crippen LogP contribution is 2.15. The van der Waals surface area contributed by atoms with Crippen LogP contribution in [0, 0.1) is 6.92 Å². The Morgan fingerprint density at radius 1 is 1.45 bits per heavy atom. The molecule has 0 radical (unpaired) electrons. The van der Waals surface area contributed by atoms with E-state index in [9.17, 15) is 4.79 Å². The number of anilines is 1. The summed E-state index contributed by atoms with van der Waals surface area (Å²) in [7, 11) is 0. The van der Waals surface area contributed by atoms with Crippen molar-refractivity contribution in [3.05, 3.63) is 35.5 Å². The van der Waals surface area contributed by atoms with Crippen molar-refractivity contribution < 1.29 is 4.79 Å². The molecule has 102 valence electrons. The van der Waals surface area contributed by atoms with E-state index in [-0.39, 0.29) is 5.91 Å². The van der Waals surface area contributed by atoms with Crippen molar-refractivity contribution in [3.8, 4) is 0 Å². The van der Waals surface area contributed by atoms with Crippen LogP contribution in [-0.2, 0) is 6.54 Å². The summed E-state index contributed by atoms with van der Waals surface area (Å²) in [4.78, 5) is 12.2. The zero-order chi connectivity index (χ0) is 14.1. The Labute approximate surface area is 115 Å². The maximum absolute atomic E-state index is 12.2. The van der Waals surface area contributed by atoms with Crippen LogP contribution in [0.3, 0.4) is 0 Å². The molecule has 0 aliphatic heterocycles. The molecule has 7 heteroatoms. The van der Waals surface area contributed by atoms with E-state index in [2.05, 4.69) is 25.8 Å². The van der Waals surface area contributed by atoms with Crippen LogP contribution < -0.4 is 5.32 Å². The van der Waals surface area contributed by atoms with Crippen LogP contribution in [0.1, 0.15) is 22.8 Å². The van der Waals surface area contributed by atoms with E-state index >= 15 is 0 Å². The summed E-state index contributed by atoms with van der Waals surface area (Å²) in [6, 6.07) is 5.35. The topological polar surface area (TPSA) is 88.5 Å². The first kappa shape index (κ1) is 12.3. The van der Waals surface area contributed by atoms with E-state index in [1.165, 1.54) is 0 Å². The van der Waals surface area contributed by atoms with E-state index in [1.807, 2.05) is 19.9 Å². The van der Waals surface area contributed by atoms with Crippen LogP contribution in [0.25, 0.3) is 11.0 Å². The molecule has 2 heterocycles. The quantitative estimate of drug-likeness (QED) is 0.758. The zero-order valence-electron chi connectivity index (χ0n) is 11.2. The van der Waals surface area contributed by atoms with Gasteiger partial charge in [-0.2, -0.15) is 5.10 Å². The van der Waals surface area contributed by atoms with Gasteiger partial charge < -0.3 is 5.32 Å². The predicted molar refractivity (Wildman–Crippen MR) is 74.5 cm³/mol. The minimum absolute atomic E-state index is 0.203. The fourth-order valence-electron chi connectivity index (χ4n) is 2.01. The van der Waals surface area contributed by atoms with Crippen LogP contribution in [0.2, 0.25) is 0 Å². The molecule has 0 saturated carbocycles. The number of carbonyl (C=O) groups is 1.